The van der Waals surface area contributed by atoms with Gasteiger partial charge in [0, 0.05) is 13.0 Å². The molecule has 4 nitrogen and oxygen atoms in total. The quantitative estimate of drug-likeness (QED) is 0.616. The van der Waals surface area contributed by atoms with Gasteiger partial charge in [0.25, 0.3) is 0 Å². The zero-order valence-corrected chi connectivity index (χ0v) is 13.0. The molecule has 3 N–H and O–H groups in total. The maximum Gasteiger partial charge on any atom is 0.220 e. The van der Waals surface area contributed by atoms with Crippen molar-refractivity contribution in [2.75, 3.05) is 19.7 Å². The normalized spacial score (nSPS) is 11.9. The Morgan fingerprint density at radius 2 is 2.05 bits per heavy atom. The Morgan fingerprint density at radius 3 is 2.71 bits per heavy atom. The first-order valence-electron chi connectivity index (χ1n) is 7.90. The third kappa shape index (κ3) is 8.35. The molecule has 21 heavy (non-hydrogen) atoms. The molecule has 0 saturated heterocycles. The second-order valence-electron chi connectivity index (χ2n) is 5.26. The highest BCUT2D eigenvalue weighted by atomic mass is 16.5. The van der Waals surface area contributed by atoms with Gasteiger partial charge in [0.1, 0.15) is 5.75 Å². The molecule has 1 aromatic rings. The first-order chi connectivity index (χ1) is 10.3. The van der Waals surface area contributed by atoms with Gasteiger partial charge < -0.3 is 15.8 Å². The van der Waals surface area contributed by atoms with Crippen molar-refractivity contribution in [2.24, 2.45) is 11.7 Å². The van der Waals surface area contributed by atoms with Crippen molar-refractivity contribution >= 4 is 5.91 Å². The fourth-order valence-corrected chi connectivity index (χ4v) is 2.22. The Labute approximate surface area is 128 Å². The van der Waals surface area contributed by atoms with Gasteiger partial charge in [-0.3, -0.25) is 4.79 Å². The number of rotatable bonds is 11. The summed E-state index contributed by atoms with van der Waals surface area (Å²) < 4.78 is 5.57. The molecule has 0 aliphatic heterocycles. The third-order valence-corrected chi connectivity index (χ3v) is 3.59. The van der Waals surface area contributed by atoms with E-state index in [1.54, 1.807) is 0 Å². The molecule has 0 aromatic heterocycles. The third-order valence-electron chi connectivity index (χ3n) is 3.59. The van der Waals surface area contributed by atoms with Crippen LogP contribution in [0, 0.1) is 5.92 Å². The van der Waals surface area contributed by atoms with Crippen molar-refractivity contribution in [1.82, 2.24) is 5.32 Å². The average Bonchev–Trinajstić information content (AvgIpc) is 2.52. The number of amides is 1. The molecule has 0 aliphatic carbocycles. The van der Waals surface area contributed by atoms with Gasteiger partial charge in [0.15, 0.2) is 0 Å². The van der Waals surface area contributed by atoms with Gasteiger partial charge in [-0.1, -0.05) is 31.5 Å². The smallest absolute Gasteiger partial charge is 0.220 e. The lowest BCUT2D eigenvalue weighted by atomic mass is 9.96. The standard InChI is InChI=1S/C17H28N2O2/c1-2-15(11-12-18)9-10-17(20)19-13-6-14-21-16-7-4-3-5-8-16/h3-5,7-8,15H,2,6,9-14,18H2,1H3,(H,19,20). The van der Waals surface area contributed by atoms with E-state index in [9.17, 15) is 4.79 Å². The zero-order valence-electron chi connectivity index (χ0n) is 13.0. The maximum absolute atomic E-state index is 11.7. The van der Waals surface area contributed by atoms with Crippen LogP contribution in [0.25, 0.3) is 0 Å². The second kappa shape index (κ2) is 11.1. The van der Waals surface area contributed by atoms with Crippen LogP contribution in [-0.4, -0.2) is 25.6 Å². The second-order valence-corrected chi connectivity index (χ2v) is 5.26. The van der Waals surface area contributed by atoms with E-state index < -0.39 is 0 Å². The monoisotopic (exact) mass is 292 g/mol. The van der Waals surface area contributed by atoms with E-state index in [1.807, 2.05) is 30.3 Å². The summed E-state index contributed by atoms with van der Waals surface area (Å²) in [6.07, 6.45) is 4.45. The number of hydrogen-bond acceptors (Lipinski definition) is 3. The predicted molar refractivity (Wildman–Crippen MR) is 86.3 cm³/mol. The summed E-state index contributed by atoms with van der Waals surface area (Å²) in [6.45, 7) is 4.14. The molecule has 4 heteroatoms. The van der Waals surface area contributed by atoms with Crippen molar-refractivity contribution in [3.8, 4) is 5.75 Å². The highest BCUT2D eigenvalue weighted by Gasteiger charge is 2.08. The number of ether oxygens (including phenoxy) is 1. The van der Waals surface area contributed by atoms with Gasteiger partial charge in [0.05, 0.1) is 6.61 Å². The molecule has 118 valence electrons. The lowest BCUT2D eigenvalue weighted by Gasteiger charge is -2.13. The molecule has 0 spiro atoms. The number of nitrogens with two attached hydrogens (primary N) is 1. The Balaban J connectivity index is 2.03. The summed E-state index contributed by atoms with van der Waals surface area (Å²) in [5.41, 5.74) is 5.56. The highest BCUT2D eigenvalue weighted by Crippen LogP contribution is 2.14. The molecule has 0 aliphatic rings. The molecule has 1 rings (SSSR count). The number of carbonyl (C=O) groups excluding carboxylic acids is 1. The summed E-state index contributed by atoms with van der Waals surface area (Å²) >= 11 is 0. The summed E-state index contributed by atoms with van der Waals surface area (Å²) in [5.74, 6) is 1.57. The molecule has 0 fully saturated rings. The van der Waals surface area contributed by atoms with Crippen LogP contribution in [0.1, 0.15) is 39.0 Å². The molecular weight excluding hydrogens is 264 g/mol. The molecule has 1 unspecified atom stereocenters. The molecule has 0 bridgehead atoms. The van der Waals surface area contributed by atoms with Crippen molar-refractivity contribution in [2.45, 2.75) is 39.0 Å². The van der Waals surface area contributed by atoms with Gasteiger partial charge in [-0.15, -0.1) is 0 Å². The lowest BCUT2D eigenvalue weighted by Crippen LogP contribution is -2.26. The Kier molecular flexibility index (Phi) is 9.29. The molecule has 0 saturated carbocycles. The average molecular weight is 292 g/mol. The van der Waals surface area contributed by atoms with E-state index >= 15 is 0 Å². The Morgan fingerprint density at radius 1 is 1.29 bits per heavy atom. The minimum atomic E-state index is 0.130. The van der Waals surface area contributed by atoms with E-state index in [2.05, 4.69) is 12.2 Å². The number of benzene rings is 1. The molecule has 1 aromatic carbocycles. The topological polar surface area (TPSA) is 64.4 Å². The van der Waals surface area contributed by atoms with Crippen LogP contribution >= 0.6 is 0 Å². The van der Waals surface area contributed by atoms with Crippen LogP contribution in [0.4, 0.5) is 0 Å². The summed E-state index contributed by atoms with van der Waals surface area (Å²) in [5, 5.41) is 2.94. The Hall–Kier alpha value is -1.55. The number of hydrogen-bond donors (Lipinski definition) is 2. The largest absolute Gasteiger partial charge is 0.494 e. The first kappa shape index (κ1) is 17.5. The van der Waals surface area contributed by atoms with E-state index in [0.29, 0.717) is 32.0 Å². The lowest BCUT2D eigenvalue weighted by molar-refractivity contribution is -0.121. The molecular formula is C17H28N2O2. The number of carbonyl (C=O) groups is 1. The van der Waals surface area contributed by atoms with Crippen LogP contribution < -0.4 is 15.8 Å². The van der Waals surface area contributed by atoms with Crippen LogP contribution in [0.5, 0.6) is 5.75 Å². The van der Waals surface area contributed by atoms with E-state index in [0.717, 1.165) is 31.4 Å². The molecule has 0 radical (unpaired) electrons. The maximum atomic E-state index is 11.7. The van der Waals surface area contributed by atoms with E-state index in [-0.39, 0.29) is 5.91 Å². The zero-order chi connectivity index (χ0) is 15.3. The minimum Gasteiger partial charge on any atom is -0.494 e. The fourth-order valence-electron chi connectivity index (χ4n) is 2.22. The number of nitrogens with one attached hydrogen (secondary N) is 1. The highest BCUT2D eigenvalue weighted by molar-refractivity contribution is 5.75. The van der Waals surface area contributed by atoms with Crippen LogP contribution in [0.2, 0.25) is 0 Å². The summed E-state index contributed by atoms with van der Waals surface area (Å²) in [6, 6.07) is 9.72. The Bertz CT molecular complexity index is 382. The first-order valence-corrected chi connectivity index (χ1v) is 7.90. The van der Waals surface area contributed by atoms with Gasteiger partial charge in [-0.2, -0.15) is 0 Å². The fraction of sp³-hybridized carbons (Fsp3) is 0.588. The van der Waals surface area contributed by atoms with Gasteiger partial charge in [0.2, 0.25) is 5.91 Å². The SMILES string of the molecule is CCC(CCN)CCC(=O)NCCCOc1ccccc1. The van der Waals surface area contributed by atoms with Gasteiger partial charge in [-0.25, -0.2) is 0 Å². The summed E-state index contributed by atoms with van der Waals surface area (Å²) in [7, 11) is 0. The minimum absolute atomic E-state index is 0.130. The number of para-hydroxylation sites is 1. The summed E-state index contributed by atoms with van der Waals surface area (Å²) in [4.78, 5) is 11.7. The van der Waals surface area contributed by atoms with Crippen molar-refractivity contribution in [3.63, 3.8) is 0 Å². The van der Waals surface area contributed by atoms with Gasteiger partial charge >= 0.3 is 0 Å². The molecule has 1 amide bonds. The predicted octanol–water partition coefficient (Wildman–Crippen LogP) is 2.73. The van der Waals surface area contributed by atoms with Crippen molar-refractivity contribution < 1.29 is 9.53 Å². The van der Waals surface area contributed by atoms with Crippen LogP contribution in [-0.2, 0) is 4.79 Å². The van der Waals surface area contributed by atoms with Crippen molar-refractivity contribution in [3.05, 3.63) is 30.3 Å². The molecule has 0 heterocycles. The van der Waals surface area contributed by atoms with Gasteiger partial charge in [-0.05, 0) is 43.9 Å². The van der Waals surface area contributed by atoms with E-state index in [4.69, 9.17) is 10.5 Å². The van der Waals surface area contributed by atoms with E-state index in [1.165, 1.54) is 0 Å². The molecule has 1 atom stereocenters. The van der Waals surface area contributed by atoms with Crippen LogP contribution in [0.15, 0.2) is 30.3 Å². The van der Waals surface area contributed by atoms with Crippen molar-refractivity contribution in [1.29, 1.82) is 0 Å². The van der Waals surface area contributed by atoms with Crippen LogP contribution in [0.3, 0.4) is 0 Å².